The largest absolute Gasteiger partial charge is 0.435 e. The van der Waals surface area contributed by atoms with E-state index in [4.69, 9.17) is 0 Å². The Kier molecular flexibility index (Phi) is 7.16. The molecule has 0 radical (unpaired) electrons. The second-order valence-electron chi connectivity index (χ2n) is 6.25. The minimum atomic E-state index is -2.83. The highest BCUT2D eigenvalue weighted by molar-refractivity contribution is 5.79. The van der Waals surface area contributed by atoms with Gasteiger partial charge in [-0.2, -0.15) is 13.9 Å². The minimum absolute atomic E-state index is 0.140. The fraction of sp³-hybridized carbons (Fsp3) is 0.238. The Morgan fingerprint density at radius 3 is 2.62 bits per heavy atom. The van der Waals surface area contributed by atoms with Crippen molar-refractivity contribution in [2.24, 2.45) is 4.99 Å². The second-order valence-corrected chi connectivity index (χ2v) is 6.25. The number of alkyl halides is 2. The first-order valence-corrected chi connectivity index (χ1v) is 9.21. The molecule has 0 saturated heterocycles. The van der Waals surface area contributed by atoms with Crippen LogP contribution in [0, 0.1) is 0 Å². The quantitative estimate of drug-likeness (QED) is 0.450. The average molecular weight is 399 g/mol. The van der Waals surface area contributed by atoms with Gasteiger partial charge in [0.15, 0.2) is 5.96 Å². The van der Waals surface area contributed by atoms with Gasteiger partial charge in [0.25, 0.3) is 0 Å². The average Bonchev–Trinajstić information content (AvgIpc) is 3.26. The molecule has 0 aliphatic carbocycles. The van der Waals surface area contributed by atoms with Crippen molar-refractivity contribution in [3.63, 3.8) is 0 Å². The lowest BCUT2D eigenvalue weighted by atomic mass is 10.1. The van der Waals surface area contributed by atoms with Crippen molar-refractivity contribution in [3.8, 4) is 11.4 Å². The van der Waals surface area contributed by atoms with E-state index < -0.39 is 6.61 Å². The number of benzene rings is 2. The zero-order valence-corrected chi connectivity index (χ0v) is 16.1. The summed E-state index contributed by atoms with van der Waals surface area (Å²) in [5, 5.41) is 10.6. The summed E-state index contributed by atoms with van der Waals surface area (Å²) >= 11 is 0. The summed E-state index contributed by atoms with van der Waals surface area (Å²) in [7, 11) is 1.69. The summed E-state index contributed by atoms with van der Waals surface area (Å²) in [5.74, 6) is 0.777. The van der Waals surface area contributed by atoms with Gasteiger partial charge in [-0.05, 0) is 47.9 Å². The van der Waals surface area contributed by atoms with E-state index in [1.165, 1.54) is 11.6 Å². The van der Waals surface area contributed by atoms with E-state index in [0.29, 0.717) is 19.0 Å². The lowest BCUT2D eigenvalue weighted by Gasteiger charge is -2.13. The number of nitrogens with one attached hydrogen (secondary N) is 2. The summed E-state index contributed by atoms with van der Waals surface area (Å²) in [4.78, 5) is 4.18. The molecular formula is C21H23F2N5O. The number of aromatic nitrogens is 2. The molecule has 1 aromatic heterocycles. The molecule has 2 aromatic carbocycles. The van der Waals surface area contributed by atoms with Gasteiger partial charge in [-0.1, -0.05) is 24.3 Å². The van der Waals surface area contributed by atoms with E-state index in [1.807, 2.05) is 35.1 Å². The molecule has 6 nitrogen and oxygen atoms in total. The molecule has 29 heavy (non-hydrogen) atoms. The summed E-state index contributed by atoms with van der Waals surface area (Å²) < 4.78 is 30.9. The van der Waals surface area contributed by atoms with Crippen LogP contribution in [0.1, 0.15) is 11.1 Å². The highest BCUT2D eigenvalue weighted by Gasteiger charge is 2.05. The fourth-order valence-corrected chi connectivity index (χ4v) is 2.80. The molecule has 3 rings (SSSR count). The molecule has 0 saturated carbocycles. The lowest BCUT2D eigenvalue weighted by molar-refractivity contribution is -0.0498. The Hall–Kier alpha value is -3.42. The van der Waals surface area contributed by atoms with Gasteiger partial charge in [-0.3, -0.25) is 4.99 Å². The topological polar surface area (TPSA) is 63.5 Å². The number of nitrogens with zero attached hydrogens (tertiary/aromatic N) is 3. The number of rotatable bonds is 8. The van der Waals surface area contributed by atoms with Crippen molar-refractivity contribution >= 4 is 5.96 Å². The van der Waals surface area contributed by atoms with Gasteiger partial charge in [-0.25, -0.2) is 4.68 Å². The zero-order chi connectivity index (χ0) is 20.5. The first-order chi connectivity index (χ1) is 14.1. The van der Waals surface area contributed by atoms with Gasteiger partial charge in [0.1, 0.15) is 5.75 Å². The SMILES string of the molecule is CN=C(NCCc1ccc(-n2cccn2)cc1)NCc1cccc(OC(F)F)c1. The highest BCUT2D eigenvalue weighted by atomic mass is 19.3. The van der Waals surface area contributed by atoms with Crippen molar-refractivity contribution in [1.29, 1.82) is 0 Å². The Balaban J connectivity index is 1.45. The normalized spacial score (nSPS) is 11.5. The molecule has 0 fully saturated rings. The van der Waals surface area contributed by atoms with Gasteiger partial charge in [0.05, 0.1) is 5.69 Å². The number of halogens is 2. The van der Waals surface area contributed by atoms with Crippen LogP contribution in [0.5, 0.6) is 5.75 Å². The molecule has 0 spiro atoms. The first kappa shape index (κ1) is 20.3. The highest BCUT2D eigenvalue weighted by Crippen LogP contribution is 2.15. The van der Waals surface area contributed by atoms with E-state index >= 15 is 0 Å². The van der Waals surface area contributed by atoms with Crippen molar-refractivity contribution in [1.82, 2.24) is 20.4 Å². The molecule has 0 bridgehead atoms. The van der Waals surface area contributed by atoms with E-state index in [1.54, 1.807) is 25.4 Å². The molecule has 0 unspecified atom stereocenters. The minimum Gasteiger partial charge on any atom is -0.435 e. The smallest absolute Gasteiger partial charge is 0.387 e. The van der Waals surface area contributed by atoms with Gasteiger partial charge in [0.2, 0.25) is 0 Å². The van der Waals surface area contributed by atoms with Crippen LogP contribution < -0.4 is 15.4 Å². The fourth-order valence-electron chi connectivity index (χ4n) is 2.80. The molecule has 8 heteroatoms. The third kappa shape index (κ3) is 6.31. The maximum Gasteiger partial charge on any atom is 0.387 e. The third-order valence-electron chi connectivity index (χ3n) is 4.22. The van der Waals surface area contributed by atoms with Crippen LogP contribution in [0.4, 0.5) is 8.78 Å². The van der Waals surface area contributed by atoms with Crippen molar-refractivity contribution in [3.05, 3.63) is 78.1 Å². The molecule has 2 N–H and O–H groups in total. The standard InChI is InChI=1S/C21H23F2N5O/c1-24-21(26-15-17-4-2-5-19(14-17)29-20(22)23)25-12-10-16-6-8-18(9-7-16)28-13-3-11-27-28/h2-9,11,13-14,20H,10,12,15H2,1H3,(H2,24,25,26). The van der Waals surface area contributed by atoms with Gasteiger partial charge < -0.3 is 15.4 Å². The summed E-state index contributed by atoms with van der Waals surface area (Å²) in [6, 6.07) is 16.7. The number of ether oxygens (including phenoxy) is 1. The van der Waals surface area contributed by atoms with Gasteiger partial charge >= 0.3 is 6.61 Å². The number of hydrogen-bond donors (Lipinski definition) is 2. The monoisotopic (exact) mass is 399 g/mol. The summed E-state index contributed by atoms with van der Waals surface area (Å²) in [6.07, 6.45) is 4.48. The van der Waals surface area contributed by atoms with Crippen LogP contribution in [0.25, 0.3) is 5.69 Å². The van der Waals surface area contributed by atoms with E-state index in [2.05, 4.69) is 37.6 Å². The summed E-state index contributed by atoms with van der Waals surface area (Å²) in [5.41, 5.74) is 3.03. The molecular weight excluding hydrogens is 376 g/mol. The van der Waals surface area contributed by atoms with Gasteiger partial charge in [0, 0.05) is 32.5 Å². The van der Waals surface area contributed by atoms with Crippen molar-refractivity contribution in [2.45, 2.75) is 19.6 Å². The van der Waals surface area contributed by atoms with Crippen LogP contribution in [0.2, 0.25) is 0 Å². The van der Waals surface area contributed by atoms with E-state index in [0.717, 1.165) is 17.7 Å². The van der Waals surface area contributed by atoms with Crippen molar-refractivity contribution in [2.75, 3.05) is 13.6 Å². The summed E-state index contributed by atoms with van der Waals surface area (Å²) in [6.45, 7) is -1.69. The Morgan fingerprint density at radius 1 is 1.10 bits per heavy atom. The van der Waals surface area contributed by atoms with Crippen LogP contribution in [0.15, 0.2) is 72.0 Å². The number of guanidine groups is 1. The molecule has 0 aliphatic rings. The second kappa shape index (κ2) is 10.2. The third-order valence-corrected chi connectivity index (χ3v) is 4.22. The molecule has 152 valence electrons. The molecule has 0 atom stereocenters. The maximum atomic E-state index is 12.3. The Morgan fingerprint density at radius 2 is 1.93 bits per heavy atom. The zero-order valence-electron chi connectivity index (χ0n) is 16.1. The van der Waals surface area contributed by atoms with E-state index in [9.17, 15) is 8.78 Å². The predicted molar refractivity (Wildman–Crippen MR) is 109 cm³/mol. The van der Waals surface area contributed by atoms with Crippen molar-refractivity contribution < 1.29 is 13.5 Å². The van der Waals surface area contributed by atoms with E-state index in [-0.39, 0.29) is 5.75 Å². The number of aliphatic imine (C=N–C) groups is 1. The predicted octanol–water partition coefficient (Wildman–Crippen LogP) is 3.38. The maximum absolute atomic E-state index is 12.3. The van der Waals surface area contributed by atoms with Crippen LogP contribution in [-0.4, -0.2) is 35.9 Å². The Bertz CT molecular complexity index is 911. The molecule has 1 heterocycles. The van der Waals surface area contributed by atoms with Crippen LogP contribution >= 0.6 is 0 Å². The van der Waals surface area contributed by atoms with Crippen LogP contribution in [0.3, 0.4) is 0 Å². The number of hydrogen-bond acceptors (Lipinski definition) is 3. The molecule has 3 aromatic rings. The molecule has 0 aliphatic heterocycles. The van der Waals surface area contributed by atoms with Gasteiger partial charge in [-0.15, -0.1) is 0 Å². The van der Waals surface area contributed by atoms with Crippen LogP contribution in [-0.2, 0) is 13.0 Å². The lowest BCUT2D eigenvalue weighted by Crippen LogP contribution is -2.37. The molecule has 0 amide bonds. The Labute approximate surface area is 168 Å². The first-order valence-electron chi connectivity index (χ1n) is 9.21.